The molecule has 0 N–H and O–H groups in total. The molecule has 1 saturated heterocycles. The van der Waals surface area contributed by atoms with E-state index in [-0.39, 0.29) is 11.8 Å². The number of carbonyl (C=O) groups is 1. The maximum atomic E-state index is 13.0. The van der Waals surface area contributed by atoms with Gasteiger partial charge in [-0.15, -0.1) is 0 Å². The quantitative estimate of drug-likeness (QED) is 0.211. The Kier molecular flexibility index (Phi) is 7.60. The number of rotatable bonds is 9. The standard InChI is InChI=1S/C30H30BrN3O3/c1-3-9-21-14-15-27(28(18-21)36-2)37-17-8-16-33-26-13-7-5-11-24(26)32-30(33)22-19-29(35)34(20-22)25-12-6-4-10-23(25)31/h3-7,9-15,18,22H,8,16-17,19-20H2,1-2H3/b9-3+. The van der Waals surface area contributed by atoms with Crippen LogP contribution < -0.4 is 14.4 Å². The van der Waals surface area contributed by atoms with Gasteiger partial charge in [-0.3, -0.25) is 4.79 Å². The molecule has 1 atom stereocenters. The molecular weight excluding hydrogens is 530 g/mol. The number of allylic oxidation sites excluding steroid dienone is 1. The van der Waals surface area contributed by atoms with Crippen molar-refractivity contribution < 1.29 is 14.3 Å². The summed E-state index contributed by atoms with van der Waals surface area (Å²) in [6.45, 7) is 3.88. The summed E-state index contributed by atoms with van der Waals surface area (Å²) in [6, 6.07) is 22.0. The molecule has 6 nitrogen and oxygen atoms in total. The van der Waals surface area contributed by atoms with Gasteiger partial charge in [0, 0.05) is 29.9 Å². The van der Waals surface area contributed by atoms with Crippen molar-refractivity contribution in [2.45, 2.75) is 32.2 Å². The Balaban J connectivity index is 1.33. The third kappa shape index (κ3) is 5.27. The molecule has 1 amide bonds. The first-order valence-electron chi connectivity index (χ1n) is 12.5. The van der Waals surface area contributed by atoms with E-state index in [0.29, 0.717) is 19.6 Å². The molecule has 1 unspecified atom stereocenters. The fourth-order valence-corrected chi connectivity index (χ4v) is 5.43. The van der Waals surface area contributed by atoms with Crippen molar-refractivity contribution in [1.29, 1.82) is 0 Å². The number of aryl methyl sites for hydroxylation is 1. The molecule has 0 radical (unpaired) electrons. The minimum atomic E-state index is 0.0205. The van der Waals surface area contributed by atoms with Crippen molar-refractivity contribution in [3.05, 3.63) is 88.7 Å². The number of hydrogen-bond donors (Lipinski definition) is 0. The van der Waals surface area contributed by atoms with Crippen LogP contribution in [0.4, 0.5) is 5.69 Å². The minimum absolute atomic E-state index is 0.0205. The molecule has 7 heteroatoms. The zero-order valence-corrected chi connectivity index (χ0v) is 22.6. The number of nitrogens with zero attached hydrogens (tertiary/aromatic N) is 3. The Bertz CT molecular complexity index is 1450. The Morgan fingerprint density at radius 2 is 1.89 bits per heavy atom. The highest BCUT2D eigenvalue weighted by Gasteiger charge is 2.35. The van der Waals surface area contributed by atoms with Gasteiger partial charge in [-0.1, -0.05) is 42.5 Å². The molecular formula is C30H30BrN3O3. The van der Waals surface area contributed by atoms with Gasteiger partial charge in [0.05, 0.1) is 30.4 Å². The number of methoxy groups -OCH3 is 1. The number of benzene rings is 3. The second-order valence-corrected chi connectivity index (χ2v) is 9.93. The lowest BCUT2D eigenvalue weighted by atomic mass is 10.1. The zero-order chi connectivity index (χ0) is 25.8. The van der Waals surface area contributed by atoms with Crippen LogP contribution in [0.25, 0.3) is 17.1 Å². The van der Waals surface area contributed by atoms with Crippen molar-refractivity contribution >= 4 is 44.6 Å². The molecule has 1 fully saturated rings. The summed E-state index contributed by atoms with van der Waals surface area (Å²) in [5, 5.41) is 0. The highest BCUT2D eigenvalue weighted by molar-refractivity contribution is 9.10. The average Bonchev–Trinajstić information content (AvgIpc) is 3.48. The van der Waals surface area contributed by atoms with Gasteiger partial charge in [-0.25, -0.2) is 4.98 Å². The highest BCUT2D eigenvalue weighted by Crippen LogP contribution is 2.36. The molecule has 4 aromatic rings. The minimum Gasteiger partial charge on any atom is -0.493 e. The van der Waals surface area contributed by atoms with Crippen LogP contribution in [0.5, 0.6) is 11.5 Å². The van der Waals surface area contributed by atoms with E-state index in [1.807, 2.05) is 84.6 Å². The molecule has 1 aromatic heterocycles. The highest BCUT2D eigenvalue weighted by atomic mass is 79.9. The summed E-state index contributed by atoms with van der Waals surface area (Å²) in [5.74, 6) is 2.55. The maximum Gasteiger partial charge on any atom is 0.227 e. The van der Waals surface area contributed by atoms with E-state index in [4.69, 9.17) is 14.5 Å². The number of fused-ring (bicyclic) bond motifs is 1. The molecule has 0 bridgehead atoms. The monoisotopic (exact) mass is 559 g/mol. The molecule has 1 aliphatic rings. The van der Waals surface area contributed by atoms with E-state index >= 15 is 0 Å². The smallest absolute Gasteiger partial charge is 0.227 e. The van der Waals surface area contributed by atoms with Gasteiger partial charge in [0.25, 0.3) is 0 Å². The first-order valence-corrected chi connectivity index (χ1v) is 13.3. The summed E-state index contributed by atoms with van der Waals surface area (Å²) in [7, 11) is 1.66. The SMILES string of the molecule is C/C=C/c1ccc(OCCCn2c(C3CC(=O)N(c4ccccc4Br)C3)nc3ccccc32)c(OC)c1. The Morgan fingerprint density at radius 3 is 2.70 bits per heavy atom. The molecule has 2 heterocycles. The topological polar surface area (TPSA) is 56.6 Å². The zero-order valence-electron chi connectivity index (χ0n) is 21.1. The molecule has 0 aliphatic carbocycles. The van der Waals surface area contributed by atoms with E-state index in [0.717, 1.165) is 57.0 Å². The fourth-order valence-electron chi connectivity index (χ4n) is 4.93. The van der Waals surface area contributed by atoms with Crippen molar-refractivity contribution in [1.82, 2.24) is 9.55 Å². The summed E-state index contributed by atoms with van der Waals surface area (Å²) in [6.07, 6.45) is 5.26. The van der Waals surface area contributed by atoms with Crippen molar-refractivity contribution in [3.8, 4) is 11.5 Å². The van der Waals surface area contributed by atoms with Gasteiger partial charge >= 0.3 is 0 Å². The van der Waals surface area contributed by atoms with E-state index in [2.05, 4.69) is 26.6 Å². The van der Waals surface area contributed by atoms with Crippen molar-refractivity contribution in [2.24, 2.45) is 0 Å². The van der Waals surface area contributed by atoms with Crippen LogP contribution in [0.3, 0.4) is 0 Å². The predicted octanol–water partition coefficient (Wildman–Crippen LogP) is 6.83. The number of imidazole rings is 1. The number of hydrogen-bond acceptors (Lipinski definition) is 4. The summed E-state index contributed by atoms with van der Waals surface area (Å²) < 4.78 is 14.8. The molecule has 0 saturated carbocycles. The third-order valence-corrected chi connectivity index (χ3v) is 7.32. The Labute approximate surface area is 225 Å². The number of carbonyl (C=O) groups excluding carboxylic acids is 1. The van der Waals surface area contributed by atoms with Crippen LogP contribution in [0.2, 0.25) is 0 Å². The first-order chi connectivity index (χ1) is 18.1. The number of para-hydroxylation sites is 3. The van der Waals surface area contributed by atoms with Crippen LogP contribution in [-0.2, 0) is 11.3 Å². The van der Waals surface area contributed by atoms with Crippen LogP contribution in [0.1, 0.15) is 37.1 Å². The van der Waals surface area contributed by atoms with Crippen LogP contribution in [0, 0.1) is 0 Å². The van der Waals surface area contributed by atoms with E-state index < -0.39 is 0 Å². The van der Waals surface area contributed by atoms with E-state index in [9.17, 15) is 4.79 Å². The van der Waals surface area contributed by atoms with Crippen molar-refractivity contribution in [2.75, 3.05) is 25.2 Å². The van der Waals surface area contributed by atoms with Gasteiger partial charge < -0.3 is 18.9 Å². The number of amides is 1. The normalized spacial score (nSPS) is 15.7. The molecule has 190 valence electrons. The second-order valence-electron chi connectivity index (χ2n) is 9.08. The Hall–Kier alpha value is -3.58. The molecule has 3 aromatic carbocycles. The van der Waals surface area contributed by atoms with Crippen molar-refractivity contribution in [3.63, 3.8) is 0 Å². The summed E-state index contributed by atoms with van der Waals surface area (Å²) in [5.41, 5.74) is 4.01. The van der Waals surface area contributed by atoms with Gasteiger partial charge in [0.2, 0.25) is 5.91 Å². The molecule has 37 heavy (non-hydrogen) atoms. The first kappa shape index (κ1) is 25.1. The summed E-state index contributed by atoms with van der Waals surface area (Å²) >= 11 is 3.59. The second kappa shape index (κ2) is 11.2. The average molecular weight is 560 g/mol. The van der Waals surface area contributed by atoms with Crippen LogP contribution in [0.15, 0.2) is 77.3 Å². The van der Waals surface area contributed by atoms with Crippen LogP contribution >= 0.6 is 15.9 Å². The number of anilines is 1. The molecule has 1 aliphatic heterocycles. The molecule has 5 rings (SSSR count). The number of ether oxygens (including phenoxy) is 2. The number of halogens is 1. The lowest BCUT2D eigenvalue weighted by Crippen LogP contribution is -2.25. The molecule has 0 spiro atoms. The Morgan fingerprint density at radius 1 is 1.08 bits per heavy atom. The summed E-state index contributed by atoms with van der Waals surface area (Å²) in [4.78, 5) is 19.9. The lowest BCUT2D eigenvalue weighted by molar-refractivity contribution is -0.117. The lowest BCUT2D eigenvalue weighted by Gasteiger charge is -2.19. The fraction of sp³-hybridized carbons (Fsp3) is 0.267. The number of aromatic nitrogens is 2. The predicted molar refractivity (Wildman–Crippen MR) is 151 cm³/mol. The van der Waals surface area contributed by atoms with Crippen LogP contribution in [-0.4, -0.2) is 35.7 Å². The van der Waals surface area contributed by atoms with Gasteiger partial charge in [0.15, 0.2) is 11.5 Å². The van der Waals surface area contributed by atoms with E-state index in [1.54, 1.807) is 7.11 Å². The third-order valence-electron chi connectivity index (χ3n) is 6.65. The van der Waals surface area contributed by atoms with Gasteiger partial charge in [-0.2, -0.15) is 0 Å². The van der Waals surface area contributed by atoms with Gasteiger partial charge in [-0.05, 0) is 71.2 Å². The van der Waals surface area contributed by atoms with Gasteiger partial charge in [0.1, 0.15) is 5.82 Å². The maximum absolute atomic E-state index is 13.0. The largest absolute Gasteiger partial charge is 0.493 e. The van der Waals surface area contributed by atoms with E-state index in [1.165, 1.54) is 0 Å².